The SMILES string of the molecule is CC(C)(C)n1cc(C=O)c(=O)c2ccccc21. The molecule has 1 heterocycles. The Morgan fingerprint density at radius 1 is 1.18 bits per heavy atom. The Morgan fingerprint density at radius 2 is 1.82 bits per heavy atom. The lowest BCUT2D eigenvalue weighted by atomic mass is 10.0. The van der Waals surface area contributed by atoms with E-state index in [0.29, 0.717) is 11.7 Å². The average Bonchev–Trinajstić information content (AvgIpc) is 2.28. The number of aromatic nitrogens is 1. The van der Waals surface area contributed by atoms with Crippen LogP contribution in [-0.4, -0.2) is 10.9 Å². The van der Waals surface area contributed by atoms with Crippen molar-refractivity contribution in [1.82, 2.24) is 4.57 Å². The molecule has 0 fully saturated rings. The van der Waals surface area contributed by atoms with E-state index >= 15 is 0 Å². The number of pyridine rings is 1. The third kappa shape index (κ3) is 1.88. The second-order valence-electron chi connectivity index (χ2n) is 5.09. The quantitative estimate of drug-likeness (QED) is 0.705. The average molecular weight is 229 g/mol. The van der Waals surface area contributed by atoms with Gasteiger partial charge in [0.1, 0.15) is 0 Å². The predicted molar refractivity (Wildman–Crippen MR) is 68.6 cm³/mol. The lowest BCUT2D eigenvalue weighted by Crippen LogP contribution is -2.26. The molecule has 0 radical (unpaired) electrons. The molecule has 2 aromatic rings. The fourth-order valence-corrected chi connectivity index (χ4v) is 1.94. The van der Waals surface area contributed by atoms with Crippen molar-refractivity contribution in [2.24, 2.45) is 0 Å². The summed E-state index contributed by atoms with van der Waals surface area (Å²) in [6, 6.07) is 7.36. The molecule has 88 valence electrons. The molecule has 1 aromatic carbocycles. The first-order chi connectivity index (χ1) is 7.95. The van der Waals surface area contributed by atoms with Gasteiger partial charge in [0, 0.05) is 17.1 Å². The predicted octanol–water partition coefficient (Wildman–Crippen LogP) is 2.57. The summed E-state index contributed by atoms with van der Waals surface area (Å²) in [6.45, 7) is 6.12. The molecule has 0 saturated heterocycles. The second-order valence-corrected chi connectivity index (χ2v) is 5.09. The van der Waals surface area contributed by atoms with E-state index in [0.717, 1.165) is 5.52 Å². The van der Waals surface area contributed by atoms with Crippen LogP contribution in [0.3, 0.4) is 0 Å². The fourth-order valence-electron chi connectivity index (χ4n) is 1.94. The summed E-state index contributed by atoms with van der Waals surface area (Å²) in [6.07, 6.45) is 2.26. The van der Waals surface area contributed by atoms with Gasteiger partial charge in [-0.2, -0.15) is 0 Å². The van der Waals surface area contributed by atoms with E-state index < -0.39 is 0 Å². The van der Waals surface area contributed by atoms with Crippen molar-refractivity contribution in [3.8, 4) is 0 Å². The highest BCUT2D eigenvalue weighted by molar-refractivity contribution is 5.86. The number of hydrogen-bond acceptors (Lipinski definition) is 2. The van der Waals surface area contributed by atoms with Gasteiger partial charge in [0.15, 0.2) is 11.7 Å². The number of carbonyl (C=O) groups excluding carboxylic acids is 1. The highest BCUT2D eigenvalue weighted by Gasteiger charge is 2.17. The minimum atomic E-state index is -0.198. The van der Waals surface area contributed by atoms with Crippen LogP contribution in [-0.2, 0) is 5.54 Å². The largest absolute Gasteiger partial charge is 0.341 e. The van der Waals surface area contributed by atoms with Crippen LogP contribution in [0.2, 0.25) is 0 Å². The van der Waals surface area contributed by atoms with E-state index in [1.165, 1.54) is 0 Å². The Kier molecular flexibility index (Phi) is 2.62. The Morgan fingerprint density at radius 3 is 2.41 bits per heavy atom. The van der Waals surface area contributed by atoms with Crippen LogP contribution >= 0.6 is 0 Å². The first-order valence-electron chi connectivity index (χ1n) is 5.55. The van der Waals surface area contributed by atoms with Crippen LogP contribution in [0.1, 0.15) is 31.1 Å². The highest BCUT2D eigenvalue weighted by Crippen LogP contribution is 2.20. The number of benzene rings is 1. The summed E-state index contributed by atoms with van der Waals surface area (Å²) in [4.78, 5) is 22.9. The topological polar surface area (TPSA) is 39.1 Å². The number of para-hydroxylation sites is 1. The number of hydrogen-bond donors (Lipinski definition) is 0. The summed E-state index contributed by atoms with van der Waals surface area (Å²) in [5, 5.41) is 0.590. The Balaban J connectivity index is 2.98. The monoisotopic (exact) mass is 229 g/mol. The molecule has 0 atom stereocenters. The molecule has 0 aliphatic carbocycles. The molecule has 1 aromatic heterocycles. The normalized spacial score (nSPS) is 11.7. The van der Waals surface area contributed by atoms with Crippen LogP contribution in [0, 0.1) is 0 Å². The summed E-state index contributed by atoms with van der Waals surface area (Å²) < 4.78 is 1.97. The summed E-state index contributed by atoms with van der Waals surface area (Å²) in [5.74, 6) is 0. The fraction of sp³-hybridized carbons (Fsp3) is 0.286. The van der Waals surface area contributed by atoms with Crippen molar-refractivity contribution in [2.75, 3.05) is 0 Å². The first kappa shape index (κ1) is 11.6. The molecule has 3 nitrogen and oxygen atoms in total. The molecular formula is C14H15NO2. The van der Waals surface area contributed by atoms with Gasteiger partial charge in [-0.1, -0.05) is 12.1 Å². The lowest BCUT2D eigenvalue weighted by Gasteiger charge is -2.26. The van der Waals surface area contributed by atoms with Gasteiger partial charge < -0.3 is 4.57 Å². The van der Waals surface area contributed by atoms with Gasteiger partial charge in [0.2, 0.25) is 0 Å². The van der Waals surface area contributed by atoms with Crippen molar-refractivity contribution in [2.45, 2.75) is 26.3 Å². The third-order valence-corrected chi connectivity index (χ3v) is 2.79. The summed E-state index contributed by atoms with van der Waals surface area (Å²) >= 11 is 0. The van der Waals surface area contributed by atoms with E-state index in [1.807, 2.05) is 43.5 Å². The molecule has 2 rings (SSSR count). The van der Waals surface area contributed by atoms with Crippen molar-refractivity contribution in [3.05, 3.63) is 46.2 Å². The smallest absolute Gasteiger partial charge is 0.199 e. The minimum Gasteiger partial charge on any atom is -0.341 e. The number of rotatable bonds is 1. The number of nitrogens with zero attached hydrogens (tertiary/aromatic N) is 1. The van der Waals surface area contributed by atoms with Crippen LogP contribution in [0.25, 0.3) is 10.9 Å². The zero-order valence-corrected chi connectivity index (χ0v) is 10.2. The Bertz CT molecular complexity index is 633. The molecule has 0 aliphatic rings. The molecular weight excluding hydrogens is 214 g/mol. The van der Waals surface area contributed by atoms with Gasteiger partial charge in [-0.05, 0) is 32.9 Å². The molecule has 0 unspecified atom stereocenters. The maximum absolute atomic E-state index is 12.0. The maximum atomic E-state index is 12.0. The van der Waals surface area contributed by atoms with Gasteiger partial charge in [-0.15, -0.1) is 0 Å². The van der Waals surface area contributed by atoms with E-state index in [9.17, 15) is 9.59 Å². The molecule has 0 spiro atoms. The first-order valence-corrected chi connectivity index (χ1v) is 5.55. The standard InChI is InChI=1S/C14H15NO2/c1-14(2,3)15-8-10(9-16)13(17)11-6-4-5-7-12(11)15/h4-9H,1-3H3. The molecule has 0 aliphatic heterocycles. The molecule has 0 N–H and O–H groups in total. The third-order valence-electron chi connectivity index (χ3n) is 2.79. The van der Waals surface area contributed by atoms with Gasteiger partial charge in [-0.3, -0.25) is 9.59 Å². The van der Waals surface area contributed by atoms with E-state index in [2.05, 4.69) is 0 Å². The van der Waals surface area contributed by atoms with E-state index in [-0.39, 0.29) is 16.5 Å². The van der Waals surface area contributed by atoms with Crippen molar-refractivity contribution in [3.63, 3.8) is 0 Å². The van der Waals surface area contributed by atoms with Gasteiger partial charge in [-0.25, -0.2) is 0 Å². The van der Waals surface area contributed by atoms with E-state index in [4.69, 9.17) is 0 Å². The zero-order valence-electron chi connectivity index (χ0n) is 10.2. The van der Waals surface area contributed by atoms with Crippen LogP contribution in [0.4, 0.5) is 0 Å². The lowest BCUT2D eigenvalue weighted by molar-refractivity contribution is 0.112. The summed E-state index contributed by atoms with van der Waals surface area (Å²) in [5.41, 5.74) is 0.691. The highest BCUT2D eigenvalue weighted by atomic mass is 16.1. The molecule has 17 heavy (non-hydrogen) atoms. The number of aldehydes is 1. The Hall–Kier alpha value is -1.90. The second kappa shape index (κ2) is 3.84. The van der Waals surface area contributed by atoms with Gasteiger partial charge >= 0.3 is 0 Å². The van der Waals surface area contributed by atoms with Crippen molar-refractivity contribution in [1.29, 1.82) is 0 Å². The minimum absolute atomic E-state index is 0.176. The van der Waals surface area contributed by atoms with Crippen molar-refractivity contribution < 1.29 is 4.79 Å². The van der Waals surface area contributed by atoms with Gasteiger partial charge in [0.05, 0.1) is 11.1 Å². The summed E-state index contributed by atoms with van der Waals surface area (Å²) in [7, 11) is 0. The van der Waals surface area contributed by atoms with Crippen LogP contribution < -0.4 is 5.43 Å². The number of fused-ring (bicyclic) bond motifs is 1. The maximum Gasteiger partial charge on any atom is 0.199 e. The molecule has 0 amide bonds. The zero-order chi connectivity index (χ0) is 12.6. The van der Waals surface area contributed by atoms with Crippen LogP contribution in [0.15, 0.2) is 35.3 Å². The van der Waals surface area contributed by atoms with Crippen molar-refractivity contribution >= 4 is 17.2 Å². The van der Waals surface area contributed by atoms with E-state index in [1.54, 1.807) is 12.3 Å². The van der Waals surface area contributed by atoms with Crippen LogP contribution in [0.5, 0.6) is 0 Å². The molecule has 0 saturated carbocycles. The van der Waals surface area contributed by atoms with Gasteiger partial charge in [0.25, 0.3) is 0 Å². The molecule has 3 heteroatoms. The number of carbonyl (C=O) groups is 1. The Labute approximate surface area is 99.7 Å². The molecule has 0 bridgehead atoms.